The van der Waals surface area contributed by atoms with Crippen molar-refractivity contribution in [3.8, 4) is 11.6 Å². The zero-order valence-corrected chi connectivity index (χ0v) is 15.4. The first-order valence-electron chi connectivity index (χ1n) is 8.88. The summed E-state index contributed by atoms with van der Waals surface area (Å²) in [6.07, 6.45) is 2.49. The topological polar surface area (TPSA) is 47.9 Å². The second-order valence-corrected chi connectivity index (χ2v) is 7.10. The Morgan fingerprint density at radius 3 is 2.41 bits per heavy atom. The quantitative estimate of drug-likeness (QED) is 0.487. The minimum Gasteiger partial charge on any atom is -0.493 e. The Labute approximate surface area is 161 Å². The van der Waals surface area contributed by atoms with Gasteiger partial charge in [-0.15, -0.1) is 0 Å². The van der Waals surface area contributed by atoms with Crippen molar-refractivity contribution < 1.29 is 5.11 Å². The largest absolute Gasteiger partial charge is 0.493 e. The van der Waals surface area contributed by atoms with E-state index in [2.05, 4.69) is 21.7 Å². The number of hydrogen-bond acceptors (Lipinski definition) is 3. The van der Waals surface area contributed by atoms with E-state index in [1.54, 1.807) is 4.57 Å². The average molecular weight is 374 g/mol. The third-order valence-corrected chi connectivity index (χ3v) is 5.51. The van der Waals surface area contributed by atoms with Gasteiger partial charge in [-0.3, -0.25) is 4.57 Å². The molecule has 4 aromatic rings. The zero-order chi connectivity index (χ0) is 18.4. The molecule has 0 saturated carbocycles. The summed E-state index contributed by atoms with van der Waals surface area (Å²) in [6, 6.07) is 20.1. The summed E-state index contributed by atoms with van der Waals surface area (Å²) < 4.78 is 6.48. The maximum Gasteiger partial charge on any atom is 0.218 e. The lowest BCUT2D eigenvalue weighted by molar-refractivity contribution is 0.434. The van der Waals surface area contributed by atoms with Gasteiger partial charge in [0.1, 0.15) is 0 Å². The van der Waals surface area contributed by atoms with Gasteiger partial charge in [-0.25, -0.2) is 4.98 Å². The molecule has 0 radical (unpaired) electrons. The molecule has 0 aliphatic carbocycles. The van der Waals surface area contributed by atoms with Crippen LogP contribution in [0.4, 0.5) is 0 Å². The Hall–Kier alpha value is -3.12. The molecule has 2 aromatic carbocycles. The number of aromatic nitrogens is 4. The molecule has 1 aliphatic heterocycles. The Balaban J connectivity index is 1.56. The molecule has 27 heavy (non-hydrogen) atoms. The summed E-state index contributed by atoms with van der Waals surface area (Å²) in [7, 11) is 0. The van der Waals surface area contributed by atoms with E-state index in [0.29, 0.717) is 17.7 Å². The Bertz CT molecular complexity index is 1170. The minimum absolute atomic E-state index is 0.212. The van der Waals surface area contributed by atoms with Gasteiger partial charge in [0.2, 0.25) is 5.88 Å². The highest BCUT2D eigenvalue weighted by Gasteiger charge is 2.27. The van der Waals surface area contributed by atoms with Crippen LogP contribution >= 0.6 is 12.2 Å². The number of benzene rings is 2. The van der Waals surface area contributed by atoms with Crippen LogP contribution in [0.3, 0.4) is 0 Å². The first kappa shape index (κ1) is 16.1. The van der Waals surface area contributed by atoms with E-state index >= 15 is 0 Å². The van der Waals surface area contributed by atoms with Gasteiger partial charge in [0.05, 0.1) is 29.9 Å². The lowest BCUT2D eigenvalue weighted by Gasteiger charge is -2.17. The minimum atomic E-state index is 0.212. The van der Waals surface area contributed by atoms with Crippen molar-refractivity contribution in [2.45, 2.75) is 19.5 Å². The summed E-state index contributed by atoms with van der Waals surface area (Å²) >= 11 is 5.65. The van der Waals surface area contributed by atoms with Crippen LogP contribution in [0.15, 0.2) is 67.0 Å². The highest BCUT2D eigenvalue weighted by Crippen LogP contribution is 2.32. The molecule has 5 nitrogen and oxygen atoms in total. The molecule has 3 heterocycles. The smallest absolute Gasteiger partial charge is 0.218 e. The fraction of sp³-hybridized carbons (Fsp3) is 0.143. The number of rotatable bonds is 3. The molecule has 0 unspecified atom stereocenters. The summed E-state index contributed by atoms with van der Waals surface area (Å²) in [6.45, 7) is 1.35. The molecule has 134 valence electrons. The van der Waals surface area contributed by atoms with Crippen molar-refractivity contribution in [1.82, 2.24) is 18.7 Å². The monoisotopic (exact) mass is 374 g/mol. The number of imidazole rings is 2. The van der Waals surface area contributed by atoms with Crippen molar-refractivity contribution >= 4 is 12.2 Å². The molecule has 5 rings (SSSR count). The van der Waals surface area contributed by atoms with Crippen LogP contribution in [0.2, 0.25) is 0 Å². The van der Waals surface area contributed by atoms with E-state index in [0.717, 1.165) is 29.3 Å². The van der Waals surface area contributed by atoms with Crippen LogP contribution < -0.4 is 0 Å². The van der Waals surface area contributed by atoms with Gasteiger partial charge in [-0.05, 0) is 29.9 Å². The van der Waals surface area contributed by atoms with Crippen LogP contribution in [0.25, 0.3) is 5.69 Å². The van der Waals surface area contributed by atoms with Crippen molar-refractivity contribution in [3.05, 3.63) is 94.4 Å². The van der Waals surface area contributed by atoms with E-state index in [1.165, 1.54) is 5.56 Å². The maximum absolute atomic E-state index is 10.9. The fourth-order valence-corrected chi connectivity index (χ4v) is 4.10. The predicted molar refractivity (Wildman–Crippen MR) is 106 cm³/mol. The van der Waals surface area contributed by atoms with Gasteiger partial charge in [0, 0.05) is 18.7 Å². The summed E-state index contributed by atoms with van der Waals surface area (Å²) in [4.78, 5) is 4.61. The Kier molecular flexibility index (Phi) is 3.72. The van der Waals surface area contributed by atoms with Gasteiger partial charge < -0.3 is 14.2 Å². The molecule has 1 N–H and O–H groups in total. The molecule has 0 amide bonds. The van der Waals surface area contributed by atoms with Crippen LogP contribution in [0, 0.1) is 4.77 Å². The first-order valence-corrected chi connectivity index (χ1v) is 9.29. The number of nitrogens with zero attached hydrogens (tertiary/aromatic N) is 4. The second kappa shape index (κ2) is 6.25. The molecule has 2 aromatic heterocycles. The molecular weight excluding hydrogens is 356 g/mol. The lowest BCUT2D eigenvalue weighted by atomic mass is 10.1. The zero-order valence-electron chi connectivity index (χ0n) is 14.6. The average Bonchev–Trinajstić information content (AvgIpc) is 3.21. The van der Waals surface area contributed by atoms with Gasteiger partial charge in [0.25, 0.3) is 0 Å². The molecule has 0 atom stereocenters. The summed E-state index contributed by atoms with van der Waals surface area (Å²) in [5, 5.41) is 10.9. The van der Waals surface area contributed by atoms with Gasteiger partial charge >= 0.3 is 0 Å². The van der Waals surface area contributed by atoms with Crippen molar-refractivity contribution in [1.29, 1.82) is 0 Å². The summed E-state index contributed by atoms with van der Waals surface area (Å²) in [5.74, 6) is 0.212. The number of hydrogen-bond donors (Lipinski definition) is 1. The molecule has 0 bridgehead atoms. The van der Waals surface area contributed by atoms with Crippen LogP contribution in [-0.2, 0) is 19.5 Å². The number of para-hydroxylation sites is 1. The number of aromatic hydroxyl groups is 1. The highest BCUT2D eigenvalue weighted by molar-refractivity contribution is 7.71. The van der Waals surface area contributed by atoms with Crippen LogP contribution in [0.5, 0.6) is 5.88 Å². The highest BCUT2D eigenvalue weighted by atomic mass is 32.1. The van der Waals surface area contributed by atoms with Crippen molar-refractivity contribution in [3.63, 3.8) is 0 Å². The molecular formula is C21H18N4OS. The van der Waals surface area contributed by atoms with Crippen LogP contribution in [-0.4, -0.2) is 23.8 Å². The Morgan fingerprint density at radius 2 is 1.67 bits per heavy atom. The van der Waals surface area contributed by atoms with Gasteiger partial charge in [0.15, 0.2) is 4.77 Å². The molecule has 6 heteroatoms. The first-order chi connectivity index (χ1) is 13.2. The predicted octanol–water partition coefficient (Wildman–Crippen LogP) is 3.91. The van der Waals surface area contributed by atoms with Crippen molar-refractivity contribution in [2.24, 2.45) is 0 Å². The third kappa shape index (κ3) is 2.61. The standard InChI is InChI=1S/C21H18N4OS/c26-20-19-11-18-17(22-14-23(18)12-15-7-3-1-4-8-15)13-24(19)21(27)25(20)16-9-5-2-6-10-16/h1-10,14,26H,11-13H2. The lowest BCUT2D eigenvalue weighted by Crippen LogP contribution is -2.16. The molecule has 0 spiro atoms. The normalized spacial score (nSPS) is 12.6. The van der Waals surface area contributed by atoms with Crippen LogP contribution in [0.1, 0.15) is 22.6 Å². The fourth-order valence-electron chi connectivity index (χ4n) is 3.73. The van der Waals surface area contributed by atoms with E-state index in [9.17, 15) is 5.11 Å². The molecule has 0 fully saturated rings. The van der Waals surface area contributed by atoms with Crippen molar-refractivity contribution in [2.75, 3.05) is 0 Å². The number of fused-ring (bicyclic) bond motifs is 2. The van der Waals surface area contributed by atoms with E-state index < -0.39 is 0 Å². The SMILES string of the molecule is Oc1c2n(c(=S)n1-c1ccccc1)Cc1ncn(Cc3ccccc3)c1C2. The molecule has 1 aliphatic rings. The maximum atomic E-state index is 10.9. The van der Waals surface area contributed by atoms with E-state index in [1.807, 2.05) is 59.4 Å². The Morgan fingerprint density at radius 1 is 0.963 bits per heavy atom. The van der Waals surface area contributed by atoms with Gasteiger partial charge in [-0.2, -0.15) is 0 Å². The van der Waals surface area contributed by atoms with Gasteiger partial charge in [-0.1, -0.05) is 48.5 Å². The second-order valence-electron chi connectivity index (χ2n) is 6.74. The third-order valence-electron chi connectivity index (χ3n) is 5.10. The van der Waals surface area contributed by atoms with E-state index in [4.69, 9.17) is 12.2 Å². The van der Waals surface area contributed by atoms with E-state index in [-0.39, 0.29) is 5.88 Å². The molecule has 0 saturated heterocycles. The summed E-state index contributed by atoms with van der Waals surface area (Å²) in [5.41, 5.74) is 5.08.